The Hall–Kier alpha value is -1.33. The molecule has 1 atom stereocenters. The third-order valence-electron chi connectivity index (χ3n) is 3.55. The standard InChI is InChI=1S/C14H17NO/c1-10-6-11(2)8-12(7-10)13(16)14(9-15)4-3-5-14/h6-8,13,16H,3-5H2,1-2H3. The van der Waals surface area contributed by atoms with E-state index in [1.165, 1.54) is 0 Å². The van der Waals surface area contributed by atoms with Crippen molar-refractivity contribution in [3.63, 3.8) is 0 Å². The lowest BCUT2D eigenvalue weighted by molar-refractivity contribution is 0.00788. The summed E-state index contributed by atoms with van der Waals surface area (Å²) in [7, 11) is 0. The molecule has 1 aromatic rings. The molecule has 0 heterocycles. The van der Waals surface area contributed by atoms with Crippen molar-refractivity contribution >= 4 is 0 Å². The molecular formula is C14H17NO. The topological polar surface area (TPSA) is 44.0 Å². The maximum absolute atomic E-state index is 10.3. The van der Waals surface area contributed by atoms with Gasteiger partial charge in [-0.1, -0.05) is 35.7 Å². The summed E-state index contributed by atoms with van der Waals surface area (Å²) in [6, 6.07) is 8.34. The normalized spacial score (nSPS) is 19.6. The molecule has 0 aromatic heterocycles. The van der Waals surface area contributed by atoms with Crippen LogP contribution in [0.4, 0.5) is 0 Å². The summed E-state index contributed by atoms with van der Waals surface area (Å²) in [4.78, 5) is 0. The van der Waals surface area contributed by atoms with Gasteiger partial charge in [0, 0.05) is 0 Å². The van der Waals surface area contributed by atoms with Crippen LogP contribution < -0.4 is 0 Å². The number of nitriles is 1. The van der Waals surface area contributed by atoms with E-state index < -0.39 is 11.5 Å². The van der Waals surface area contributed by atoms with Crippen LogP contribution in [-0.2, 0) is 0 Å². The van der Waals surface area contributed by atoms with E-state index >= 15 is 0 Å². The van der Waals surface area contributed by atoms with Crippen LogP contribution in [0.1, 0.15) is 42.1 Å². The smallest absolute Gasteiger partial charge is 0.0976 e. The summed E-state index contributed by atoms with van der Waals surface area (Å²) in [5.41, 5.74) is 2.64. The number of rotatable bonds is 2. The minimum Gasteiger partial charge on any atom is -0.387 e. The zero-order valence-electron chi connectivity index (χ0n) is 9.83. The molecule has 1 aliphatic carbocycles. The molecule has 0 radical (unpaired) electrons. The van der Waals surface area contributed by atoms with Gasteiger partial charge in [-0.05, 0) is 32.3 Å². The molecule has 0 aliphatic heterocycles. The summed E-state index contributed by atoms with van der Waals surface area (Å²) >= 11 is 0. The van der Waals surface area contributed by atoms with Crippen molar-refractivity contribution in [3.8, 4) is 6.07 Å². The lowest BCUT2D eigenvalue weighted by Crippen LogP contribution is -2.34. The van der Waals surface area contributed by atoms with Crippen molar-refractivity contribution in [2.45, 2.75) is 39.2 Å². The summed E-state index contributed by atoms with van der Waals surface area (Å²) in [6.07, 6.45) is 2.05. The van der Waals surface area contributed by atoms with Crippen molar-refractivity contribution < 1.29 is 5.11 Å². The molecule has 0 saturated heterocycles. The maximum atomic E-state index is 10.3. The van der Waals surface area contributed by atoms with E-state index in [1.54, 1.807) is 0 Å². The fourth-order valence-electron chi connectivity index (χ4n) is 2.49. The van der Waals surface area contributed by atoms with Gasteiger partial charge in [0.25, 0.3) is 0 Å². The average molecular weight is 215 g/mol. The molecule has 16 heavy (non-hydrogen) atoms. The van der Waals surface area contributed by atoms with E-state index in [0.717, 1.165) is 36.0 Å². The van der Waals surface area contributed by atoms with Crippen LogP contribution in [0.25, 0.3) is 0 Å². The van der Waals surface area contributed by atoms with Crippen molar-refractivity contribution in [3.05, 3.63) is 34.9 Å². The molecule has 2 rings (SSSR count). The van der Waals surface area contributed by atoms with Crippen LogP contribution in [0.15, 0.2) is 18.2 Å². The Morgan fingerprint density at radius 3 is 2.19 bits per heavy atom. The number of hydrogen-bond acceptors (Lipinski definition) is 2. The van der Waals surface area contributed by atoms with E-state index in [2.05, 4.69) is 12.1 Å². The Bertz CT molecular complexity index is 420. The Morgan fingerprint density at radius 1 is 1.25 bits per heavy atom. The van der Waals surface area contributed by atoms with Crippen LogP contribution in [0.2, 0.25) is 0 Å². The molecule has 0 spiro atoms. The van der Waals surface area contributed by atoms with Gasteiger partial charge in [-0.2, -0.15) is 5.26 Å². The number of nitrogens with zero attached hydrogens (tertiary/aromatic N) is 1. The molecule has 0 amide bonds. The summed E-state index contributed by atoms with van der Waals surface area (Å²) in [6.45, 7) is 4.03. The third-order valence-corrected chi connectivity index (χ3v) is 3.55. The molecule has 2 nitrogen and oxygen atoms in total. The van der Waals surface area contributed by atoms with Crippen LogP contribution in [0.3, 0.4) is 0 Å². The van der Waals surface area contributed by atoms with Crippen LogP contribution >= 0.6 is 0 Å². The first-order valence-corrected chi connectivity index (χ1v) is 5.75. The van der Waals surface area contributed by atoms with E-state index in [9.17, 15) is 10.4 Å². The van der Waals surface area contributed by atoms with Gasteiger partial charge in [0.2, 0.25) is 0 Å². The SMILES string of the molecule is Cc1cc(C)cc(C(O)C2(C#N)CCC2)c1. The second-order valence-electron chi connectivity index (χ2n) is 4.95. The highest BCUT2D eigenvalue weighted by molar-refractivity contribution is 5.32. The summed E-state index contributed by atoms with van der Waals surface area (Å²) in [5.74, 6) is 0. The van der Waals surface area contributed by atoms with E-state index in [4.69, 9.17) is 0 Å². The zero-order chi connectivity index (χ0) is 11.8. The second-order valence-corrected chi connectivity index (χ2v) is 4.95. The molecule has 1 N–H and O–H groups in total. The van der Waals surface area contributed by atoms with E-state index in [0.29, 0.717) is 0 Å². The van der Waals surface area contributed by atoms with Crippen LogP contribution in [0.5, 0.6) is 0 Å². The number of benzene rings is 1. The van der Waals surface area contributed by atoms with Gasteiger partial charge in [0.05, 0.1) is 17.6 Å². The fraction of sp³-hybridized carbons (Fsp3) is 0.500. The van der Waals surface area contributed by atoms with Gasteiger partial charge in [-0.15, -0.1) is 0 Å². The number of hydrogen-bond donors (Lipinski definition) is 1. The van der Waals surface area contributed by atoms with Gasteiger partial charge < -0.3 is 5.11 Å². The van der Waals surface area contributed by atoms with Gasteiger partial charge in [-0.25, -0.2) is 0 Å². The summed E-state index contributed by atoms with van der Waals surface area (Å²) < 4.78 is 0. The largest absolute Gasteiger partial charge is 0.387 e. The Kier molecular flexibility index (Phi) is 2.73. The molecule has 0 bridgehead atoms. The van der Waals surface area contributed by atoms with E-state index in [-0.39, 0.29) is 0 Å². The highest BCUT2D eigenvalue weighted by Crippen LogP contribution is 2.49. The van der Waals surface area contributed by atoms with Crippen molar-refractivity contribution in [2.75, 3.05) is 0 Å². The first kappa shape index (κ1) is 11.2. The number of aliphatic hydroxyl groups excluding tert-OH is 1. The van der Waals surface area contributed by atoms with E-state index in [1.807, 2.05) is 26.0 Å². The number of aryl methyl sites for hydroxylation is 2. The first-order valence-electron chi connectivity index (χ1n) is 5.75. The molecular weight excluding hydrogens is 198 g/mol. The molecule has 1 saturated carbocycles. The quantitative estimate of drug-likeness (QED) is 0.824. The predicted octanol–water partition coefficient (Wildman–Crippen LogP) is 3.03. The van der Waals surface area contributed by atoms with Gasteiger partial charge >= 0.3 is 0 Å². The second kappa shape index (κ2) is 3.92. The molecule has 84 valence electrons. The first-order chi connectivity index (χ1) is 7.57. The Balaban J connectivity index is 2.34. The predicted molar refractivity (Wildman–Crippen MR) is 62.8 cm³/mol. The van der Waals surface area contributed by atoms with Gasteiger partial charge in [-0.3, -0.25) is 0 Å². The van der Waals surface area contributed by atoms with Crippen molar-refractivity contribution in [2.24, 2.45) is 5.41 Å². The minimum atomic E-state index is -0.634. The lowest BCUT2D eigenvalue weighted by Gasteiger charge is -2.39. The number of aliphatic hydroxyl groups is 1. The van der Waals surface area contributed by atoms with Crippen molar-refractivity contribution in [1.82, 2.24) is 0 Å². The fourth-order valence-corrected chi connectivity index (χ4v) is 2.49. The monoisotopic (exact) mass is 215 g/mol. The summed E-state index contributed by atoms with van der Waals surface area (Å²) in [5, 5.41) is 19.5. The Morgan fingerprint density at radius 2 is 1.81 bits per heavy atom. The molecule has 1 fully saturated rings. The van der Waals surface area contributed by atoms with Gasteiger partial charge in [0.15, 0.2) is 0 Å². The molecule has 1 aliphatic rings. The zero-order valence-corrected chi connectivity index (χ0v) is 9.83. The van der Waals surface area contributed by atoms with Crippen LogP contribution in [-0.4, -0.2) is 5.11 Å². The highest BCUT2D eigenvalue weighted by Gasteiger charge is 2.44. The molecule has 2 heteroatoms. The minimum absolute atomic E-state index is 0.528. The Labute approximate surface area is 96.5 Å². The van der Waals surface area contributed by atoms with Crippen molar-refractivity contribution in [1.29, 1.82) is 5.26 Å². The van der Waals surface area contributed by atoms with Gasteiger partial charge in [0.1, 0.15) is 0 Å². The molecule has 1 aromatic carbocycles. The maximum Gasteiger partial charge on any atom is 0.0976 e. The average Bonchev–Trinajstić information content (AvgIpc) is 2.15. The highest BCUT2D eigenvalue weighted by atomic mass is 16.3. The lowest BCUT2D eigenvalue weighted by atomic mass is 9.64. The molecule has 1 unspecified atom stereocenters. The third kappa shape index (κ3) is 1.72. The van der Waals surface area contributed by atoms with Crippen LogP contribution in [0, 0.1) is 30.6 Å².